The Labute approximate surface area is 184 Å². The molecule has 11 heteroatoms. The van der Waals surface area contributed by atoms with Crippen molar-refractivity contribution >= 4 is 25.9 Å². The van der Waals surface area contributed by atoms with Gasteiger partial charge in [0.2, 0.25) is 0 Å². The lowest BCUT2D eigenvalue weighted by Crippen LogP contribution is -2.13. The monoisotopic (exact) mass is 472 g/mol. The molecular formula is C21H17FN4O4S2. The fourth-order valence-electron chi connectivity index (χ4n) is 3.03. The highest BCUT2D eigenvalue weighted by molar-refractivity contribution is 7.92. The van der Waals surface area contributed by atoms with Crippen LogP contribution in [0.25, 0.3) is 11.3 Å². The van der Waals surface area contributed by atoms with E-state index in [9.17, 15) is 20.7 Å². The molecule has 32 heavy (non-hydrogen) atoms. The summed E-state index contributed by atoms with van der Waals surface area (Å²) >= 11 is 0. The summed E-state index contributed by atoms with van der Waals surface area (Å²) in [6.07, 6.45) is 1.75. The quantitative estimate of drug-likeness (QED) is 0.413. The standard InChI is InChI=1S/C21H17FN4O4S2/c22-31(27,28)19-10-5-11-20(13-19)32(29,30)24-18-9-4-8-17(12-18)21-15-26(25-23-21)14-16-6-2-1-3-7-16/h1-13,15,24H,14H2. The van der Waals surface area contributed by atoms with Crippen LogP contribution in [0.3, 0.4) is 0 Å². The topological polar surface area (TPSA) is 111 Å². The molecule has 0 atom stereocenters. The van der Waals surface area contributed by atoms with Crippen molar-refractivity contribution in [2.75, 3.05) is 4.72 Å². The second-order valence-electron chi connectivity index (χ2n) is 6.89. The van der Waals surface area contributed by atoms with Gasteiger partial charge in [-0.05, 0) is 35.9 Å². The SMILES string of the molecule is O=S(=O)(F)c1cccc(S(=O)(=O)Nc2cccc(-c3cn(Cc4ccccc4)nn3)c2)c1. The predicted molar refractivity (Wildman–Crippen MR) is 117 cm³/mol. The summed E-state index contributed by atoms with van der Waals surface area (Å²) in [5, 5.41) is 8.25. The zero-order valence-electron chi connectivity index (χ0n) is 16.5. The van der Waals surface area contributed by atoms with Crippen LogP contribution in [0.5, 0.6) is 0 Å². The number of aromatic nitrogens is 3. The van der Waals surface area contributed by atoms with Crippen LogP contribution in [0.15, 0.2) is 94.9 Å². The van der Waals surface area contributed by atoms with Crippen molar-refractivity contribution in [1.29, 1.82) is 0 Å². The summed E-state index contributed by atoms with van der Waals surface area (Å²) in [4.78, 5) is -1.11. The van der Waals surface area contributed by atoms with E-state index in [4.69, 9.17) is 0 Å². The first-order chi connectivity index (χ1) is 15.2. The van der Waals surface area contributed by atoms with Gasteiger partial charge < -0.3 is 0 Å². The van der Waals surface area contributed by atoms with Crippen molar-refractivity contribution in [1.82, 2.24) is 15.0 Å². The van der Waals surface area contributed by atoms with Gasteiger partial charge in [-0.2, -0.15) is 8.42 Å². The summed E-state index contributed by atoms with van der Waals surface area (Å²) in [5.41, 5.74) is 2.47. The van der Waals surface area contributed by atoms with E-state index in [0.717, 1.165) is 23.8 Å². The first kappa shape index (κ1) is 21.7. The molecule has 164 valence electrons. The summed E-state index contributed by atoms with van der Waals surface area (Å²) in [6.45, 7) is 0.536. The summed E-state index contributed by atoms with van der Waals surface area (Å²) in [6, 6.07) is 20.3. The Kier molecular flexibility index (Phi) is 5.76. The van der Waals surface area contributed by atoms with E-state index >= 15 is 0 Å². The minimum Gasteiger partial charge on any atom is -0.280 e. The van der Waals surface area contributed by atoms with E-state index in [-0.39, 0.29) is 10.6 Å². The van der Waals surface area contributed by atoms with Crippen LogP contribution in [-0.4, -0.2) is 31.8 Å². The maximum atomic E-state index is 13.2. The third kappa shape index (κ3) is 5.01. The number of rotatable bonds is 7. The van der Waals surface area contributed by atoms with Crippen LogP contribution in [0.2, 0.25) is 0 Å². The number of anilines is 1. The molecule has 0 saturated carbocycles. The number of sulfonamides is 1. The average Bonchev–Trinajstić information content (AvgIpc) is 3.22. The Morgan fingerprint density at radius 1 is 0.844 bits per heavy atom. The Hall–Kier alpha value is -3.57. The van der Waals surface area contributed by atoms with Crippen molar-refractivity contribution in [3.05, 3.63) is 90.6 Å². The van der Waals surface area contributed by atoms with E-state index in [0.29, 0.717) is 17.8 Å². The van der Waals surface area contributed by atoms with E-state index in [1.807, 2.05) is 30.3 Å². The van der Waals surface area contributed by atoms with E-state index in [1.165, 1.54) is 12.1 Å². The largest absolute Gasteiger partial charge is 0.332 e. The molecule has 4 aromatic rings. The van der Waals surface area contributed by atoms with Crippen LogP contribution >= 0.6 is 0 Å². The molecule has 4 rings (SSSR count). The highest BCUT2D eigenvalue weighted by Gasteiger charge is 2.19. The third-order valence-corrected chi connectivity index (χ3v) is 6.73. The van der Waals surface area contributed by atoms with Gasteiger partial charge in [0.25, 0.3) is 10.0 Å². The molecule has 0 bridgehead atoms. The summed E-state index contributed by atoms with van der Waals surface area (Å²) < 4.78 is 64.8. The van der Waals surface area contributed by atoms with Gasteiger partial charge in [0.1, 0.15) is 5.69 Å². The molecule has 3 aromatic carbocycles. The second kappa shape index (κ2) is 8.52. The number of benzene rings is 3. The van der Waals surface area contributed by atoms with Gasteiger partial charge in [-0.3, -0.25) is 4.72 Å². The number of hydrogen-bond donors (Lipinski definition) is 1. The summed E-state index contributed by atoms with van der Waals surface area (Å²) in [5.74, 6) is 0. The van der Waals surface area contributed by atoms with Crippen molar-refractivity contribution in [3.8, 4) is 11.3 Å². The molecule has 0 amide bonds. The minimum atomic E-state index is -5.03. The zero-order chi connectivity index (χ0) is 22.8. The molecule has 0 saturated heterocycles. The normalized spacial score (nSPS) is 11.9. The highest BCUT2D eigenvalue weighted by Crippen LogP contribution is 2.24. The maximum Gasteiger partial charge on any atom is 0.332 e. The minimum absolute atomic E-state index is 0.230. The molecule has 0 fully saturated rings. The molecule has 0 spiro atoms. The number of hydrogen-bond acceptors (Lipinski definition) is 6. The third-order valence-electron chi connectivity index (χ3n) is 4.53. The first-order valence-electron chi connectivity index (χ1n) is 9.33. The highest BCUT2D eigenvalue weighted by atomic mass is 32.3. The molecule has 1 N–H and O–H groups in total. The molecule has 0 aliphatic rings. The lowest BCUT2D eigenvalue weighted by atomic mass is 10.1. The van der Waals surface area contributed by atoms with Gasteiger partial charge >= 0.3 is 10.2 Å². The Bertz CT molecular complexity index is 1470. The maximum absolute atomic E-state index is 13.2. The zero-order valence-corrected chi connectivity index (χ0v) is 18.1. The van der Waals surface area contributed by atoms with Crippen LogP contribution in [0.4, 0.5) is 9.57 Å². The van der Waals surface area contributed by atoms with Crippen LogP contribution in [0, 0.1) is 0 Å². The molecule has 1 heterocycles. The first-order valence-corrected chi connectivity index (χ1v) is 12.2. The number of halogens is 1. The van der Waals surface area contributed by atoms with Gasteiger partial charge in [0, 0.05) is 11.3 Å². The van der Waals surface area contributed by atoms with E-state index < -0.39 is 25.1 Å². The fourth-order valence-corrected chi connectivity index (χ4v) is 4.71. The molecule has 0 aliphatic heterocycles. The average molecular weight is 473 g/mol. The lowest BCUT2D eigenvalue weighted by molar-refractivity contribution is 0.552. The van der Waals surface area contributed by atoms with Crippen LogP contribution in [-0.2, 0) is 26.8 Å². The molecular weight excluding hydrogens is 455 g/mol. The second-order valence-corrected chi connectivity index (χ2v) is 9.92. The number of nitrogens with one attached hydrogen (secondary N) is 1. The van der Waals surface area contributed by atoms with Crippen LogP contribution < -0.4 is 4.72 Å². The van der Waals surface area contributed by atoms with Gasteiger partial charge in [-0.15, -0.1) is 8.98 Å². The van der Waals surface area contributed by atoms with Crippen molar-refractivity contribution in [2.45, 2.75) is 16.3 Å². The van der Waals surface area contributed by atoms with Crippen molar-refractivity contribution in [3.63, 3.8) is 0 Å². The van der Waals surface area contributed by atoms with Crippen molar-refractivity contribution < 1.29 is 20.7 Å². The Balaban J connectivity index is 1.56. The number of nitrogens with zero attached hydrogens (tertiary/aromatic N) is 3. The van der Waals surface area contributed by atoms with Crippen LogP contribution in [0.1, 0.15) is 5.56 Å². The molecule has 0 radical (unpaired) electrons. The molecule has 8 nitrogen and oxygen atoms in total. The fraction of sp³-hybridized carbons (Fsp3) is 0.0476. The smallest absolute Gasteiger partial charge is 0.280 e. The Morgan fingerprint density at radius 2 is 1.56 bits per heavy atom. The van der Waals surface area contributed by atoms with Gasteiger partial charge in [0.15, 0.2) is 0 Å². The van der Waals surface area contributed by atoms with Crippen molar-refractivity contribution in [2.24, 2.45) is 0 Å². The van der Waals surface area contributed by atoms with E-state index in [2.05, 4.69) is 15.0 Å². The summed E-state index contributed by atoms with van der Waals surface area (Å²) in [7, 11) is -9.18. The molecule has 1 aromatic heterocycles. The van der Waals surface area contributed by atoms with Gasteiger partial charge in [0.05, 0.1) is 22.5 Å². The van der Waals surface area contributed by atoms with Gasteiger partial charge in [-0.1, -0.05) is 53.7 Å². The van der Waals surface area contributed by atoms with Gasteiger partial charge in [-0.25, -0.2) is 13.1 Å². The van der Waals surface area contributed by atoms with E-state index in [1.54, 1.807) is 29.1 Å². The predicted octanol–water partition coefficient (Wildman–Crippen LogP) is 3.45. The molecule has 0 unspecified atom stereocenters. The lowest BCUT2D eigenvalue weighted by Gasteiger charge is -2.09. The molecule has 0 aliphatic carbocycles. The Morgan fingerprint density at radius 3 is 2.31 bits per heavy atom.